The van der Waals surface area contributed by atoms with E-state index in [-0.39, 0.29) is 5.91 Å². The minimum absolute atomic E-state index is 0.207. The van der Waals surface area contributed by atoms with Crippen LogP contribution in [0.15, 0.2) is 67.0 Å². The Hall–Kier alpha value is -3.05. The molecule has 2 aromatic carbocycles. The molecule has 0 aliphatic carbocycles. The smallest absolute Gasteiger partial charge is 0.225 e. The molecular formula is C26H30N4O. The van der Waals surface area contributed by atoms with Crippen molar-refractivity contribution in [3.63, 3.8) is 0 Å². The molecule has 1 atom stereocenters. The Labute approximate surface area is 184 Å². The van der Waals surface area contributed by atoms with Gasteiger partial charge in [-0.2, -0.15) is 0 Å². The van der Waals surface area contributed by atoms with Crippen LogP contribution in [0.5, 0.6) is 0 Å². The largest absolute Gasteiger partial charge is 0.369 e. The van der Waals surface area contributed by atoms with E-state index in [1.165, 1.54) is 11.1 Å². The van der Waals surface area contributed by atoms with E-state index >= 15 is 0 Å². The van der Waals surface area contributed by atoms with Gasteiger partial charge in [-0.3, -0.25) is 9.69 Å². The van der Waals surface area contributed by atoms with Crippen LogP contribution in [0.1, 0.15) is 36.7 Å². The van der Waals surface area contributed by atoms with E-state index in [9.17, 15) is 4.79 Å². The summed E-state index contributed by atoms with van der Waals surface area (Å²) in [5.74, 6) is 0.648. The molecule has 0 unspecified atom stereocenters. The van der Waals surface area contributed by atoms with Crippen LogP contribution >= 0.6 is 0 Å². The summed E-state index contributed by atoms with van der Waals surface area (Å²) in [6.07, 6.45) is 7.07. The Bertz CT molecular complexity index is 1000. The van der Waals surface area contributed by atoms with Gasteiger partial charge in [0.15, 0.2) is 0 Å². The molecule has 2 N–H and O–H groups in total. The fourth-order valence-electron chi connectivity index (χ4n) is 4.54. The number of nitrogens with two attached hydrogens (primary N) is 1. The van der Waals surface area contributed by atoms with E-state index in [1.54, 1.807) is 0 Å². The van der Waals surface area contributed by atoms with Crippen LogP contribution in [-0.2, 0) is 24.2 Å². The number of likely N-dealkylation sites (tertiary alicyclic amines) is 1. The van der Waals surface area contributed by atoms with Gasteiger partial charge in [0.1, 0.15) is 5.82 Å². The average Bonchev–Trinajstić information content (AvgIpc) is 2.81. The summed E-state index contributed by atoms with van der Waals surface area (Å²) in [7, 11) is 0. The number of aryl methyl sites for hydroxylation is 1. The summed E-state index contributed by atoms with van der Waals surface area (Å²) < 4.78 is 0. The summed E-state index contributed by atoms with van der Waals surface area (Å²) in [5, 5.41) is 0. The molecule has 1 amide bonds. The van der Waals surface area contributed by atoms with E-state index in [2.05, 4.69) is 51.3 Å². The third kappa shape index (κ3) is 5.00. The molecule has 1 aliphatic heterocycles. The van der Waals surface area contributed by atoms with Crippen LogP contribution in [0, 0.1) is 5.41 Å². The van der Waals surface area contributed by atoms with E-state index in [0.717, 1.165) is 49.3 Å². The Balaban J connectivity index is 1.48. The van der Waals surface area contributed by atoms with Crippen LogP contribution in [0.2, 0.25) is 0 Å². The highest BCUT2D eigenvalue weighted by Crippen LogP contribution is 2.34. The Morgan fingerprint density at radius 1 is 1.00 bits per heavy atom. The number of amides is 1. The molecule has 160 valence electrons. The maximum atomic E-state index is 12.6. The van der Waals surface area contributed by atoms with Gasteiger partial charge in [0, 0.05) is 37.5 Å². The molecule has 0 spiro atoms. The van der Waals surface area contributed by atoms with Gasteiger partial charge in [-0.1, -0.05) is 61.5 Å². The molecule has 5 nitrogen and oxygen atoms in total. The average molecular weight is 415 g/mol. The van der Waals surface area contributed by atoms with Gasteiger partial charge in [0.2, 0.25) is 5.91 Å². The highest BCUT2D eigenvalue weighted by molar-refractivity contribution is 5.81. The molecule has 1 saturated heterocycles. The quantitative estimate of drug-likeness (QED) is 0.634. The Morgan fingerprint density at radius 2 is 1.68 bits per heavy atom. The first-order valence-corrected chi connectivity index (χ1v) is 11.0. The number of piperidine rings is 1. The van der Waals surface area contributed by atoms with Gasteiger partial charge in [-0.25, -0.2) is 9.97 Å². The first-order valence-electron chi connectivity index (χ1n) is 11.0. The highest BCUT2D eigenvalue weighted by atomic mass is 16.1. The molecule has 0 saturated carbocycles. The van der Waals surface area contributed by atoms with Gasteiger partial charge in [0.05, 0.1) is 5.41 Å². The van der Waals surface area contributed by atoms with Crippen LogP contribution in [-0.4, -0.2) is 33.9 Å². The topological polar surface area (TPSA) is 72.1 Å². The highest BCUT2D eigenvalue weighted by Gasteiger charge is 2.40. The molecule has 5 heteroatoms. The van der Waals surface area contributed by atoms with Crippen molar-refractivity contribution in [1.29, 1.82) is 0 Å². The van der Waals surface area contributed by atoms with Crippen LogP contribution in [0.3, 0.4) is 0 Å². The molecule has 0 bridgehead atoms. The molecule has 31 heavy (non-hydrogen) atoms. The van der Waals surface area contributed by atoms with Crippen molar-refractivity contribution in [1.82, 2.24) is 14.9 Å². The Morgan fingerprint density at radius 3 is 2.32 bits per heavy atom. The first-order chi connectivity index (χ1) is 15.1. The number of hydrogen-bond donors (Lipinski definition) is 1. The van der Waals surface area contributed by atoms with Crippen molar-refractivity contribution in [2.24, 2.45) is 11.1 Å². The van der Waals surface area contributed by atoms with Gasteiger partial charge in [-0.05, 0) is 42.5 Å². The second-order valence-electron chi connectivity index (χ2n) is 8.56. The minimum atomic E-state index is -0.545. The lowest BCUT2D eigenvalue weighted by atomic mass is 9.74. The number of aromatic nitrogens is 2. The van der Waals surface area contributed by atoms with Gasteiger partial charge >= 0.3 is 0 Å². The molecular weight excluding hydrogens is 384 g/mol. The van der Waals surface area contributed by atoms with Crippen molar-refractivity contribution in [2.75, 3.05) is 13.1 Å². The molecule has 0 radical (unpaired) electrons. The number of carbonyl (C=O) groups is 1. The zero-order valence-electron chi connectivity index (χ0n) is 18.1. The molecule has 1 aromatic heterocycles. The summed E-state index contributed by atoms with van der Waals surface area (Å²) in [4.78, 5) is 23.7. The zero-order chi connectivity index (χ0) is 21.7. The third-order valence-electron chi connectivity index (χ3n) is 6.26. The van der Waals surface area contributed by atoms with Crippen molar-refractivity contribution >= 4 is 5.91 Å². The van der Waals surface area contributed by atoms with E-state index < -0.39 is 5.41 Å². The lowest BCUT2D eigenvalue weighted by Gasteiger charge is -2.41. The molecule has 3 aromatic rings. The van der Waals surface area contributed by atoms with Crippen molar-refractivity contribution < 1.29 is 4.79 Å². The van der Waals surface area contributed by atoms with E-state index in [4.69, 9.17) is 5.73 Å². The second kappa shape index (κ2) is 9.40. The molecule has 2 heterocycles. The predicted molar refractivity (Wildman–Crippen MR) is 123 cm³/mol. The fraction of sp³-hybridized carbons (Fsp3) is 0.346. The second-order valence-corrected chi connectivity index (χ2v) is 8.56. The van der Waals surface area contributed by atoms with Gasteiger partial charge in [0.25, 0.3) is 0 Å². The van der Waals surface area contributed by atoms with Crippen molar-refractivity contribution in [2.45, 2.75) is 39.2 Å². The number of benzene rings is 2. The summed E-state index contributed by atoms with van der Waals surface area (Å²) in [5.41, 5.74) is 10.0. The van der Waals surface area contributed by atoms with Crippen LogP contribution in [0.4, 0.5) is 0 Å². The SMILES string of the molecule is CCc1ncc(CN2CCC[C@](Cc3ccc(-c4ccccc4)cc3)(C(N)=O)C2)cn1. The van der Waals surface area contributed by atoms with E-state index in [0.29, 0.717) is 13.0 Å². The fourth-order valence-corrected chi connectivity index (χ4v) is 4.54. The van der Waals surface area contributed by atoms with Gasteiger partial charge < -0.3 is 5.73 Å². The van der Waals surface area contributed by atoms with Crippen molar-refractivity contribution in [3.8, 4) is 11.1 Å². The molecule has 1 fully saturated rings. The predicted octanol–water partition coefficient (Wildman–Crippen LogP) is 4.02. The lowest BCUT2D eigenvalue weighted by Crippen LogP contribution is -2.51. The Kier molecular flexibility index (Phi) is 6.42. The molecule has 4 rings (SSSR count). The number of rotatable bonds is 7. The number of nitrogens with zero attached hydrogens (tertiary/aromatic N) is 3. The van der Waals surface area contributed by atoms with Crippen LogP contribution < -0.4 is 5.73 Å². The standard InChI is InChI=1S/C26H30N4O/c1-2-24-28-16-21(17-29-24)18-30-14-6-13-26(19-30,25(27)31)15-20-9-11-23(12-10-20)22-7-4-3-5-8-22/h3-5,7-12,16-17H,2,6,13-15,18-19H2,1H3,(H2,27,31)/t26-/m1/s1. The maximum Gasteiger partial charge on any atom is 0.225 e. The lowest BCUT2D eigenvalue weighted by molar-refractivity contribution is -0.131. The third-order valence-corrected chi connectivity index (χ3v) is 6.26. The van der Waals surface area contributed by atoms with Gasteiger partial charge in [-0.15, -0.1) is 0 Å². The summed E-state index contributed by atoms with van der Waals surface area (Å²) in [6, 6.07) is 18.8. The van der Waals surface area contributed by atoms with E-state index in [1.807, 2.05) is 37.5 Å². The monoisotopic (exact) mass is 414 g/mol. The first kappa shape index (κ1) is 21.2. The van der Waals surface area contributed by atoms with Crippen molar-refractivity contribution in [3.05, 3.63) is 83.9 Å². The number of carbonyl (C=O) groups excluding carboxylic acids is 1. The minimum Gasteiger partial charge on any atom is -0.369 e. The normalized spacial score (nSPS) is 19.3. The summed E-state index contributed by atoms with van der Waals surface area (Å²) in [6.45, 7) is 4.41. The summed E-state index contributed by atoms with van der Waals surface area (Å²) >= 11 is 0. The number of primary amides is 1. The number of hydrogen-bond acceptors (Lipinski definition) is 4. The molecule has 1 aliphatic rings. The maximum absolute atomic E-state index is 12.6. The zero-order valence-corrected chi connectivity index (χ0v) is 18.1. The van der Waals surface area contributed by atoms with Crippen LogP contribution in [0.25, 0.3) is 11.1 Å².